The molecule has 0 aliphatic carbocycles. The van der Waals surface area contributed by atoms with Gasteiger partial charge in [-0.05, 0) is 23.6 Å². The average Bonchev–Trinajstić information content (AvgIpc) is 2.97. The van der Waals surface area contributed by atoms with Crippen molar-refractivity contribution >= 4 is 17.5 Å². The fourth-order valence-electron chi connectivity index (χ4n) is 3.19. The molecule has 1 heterocycles. The third-order valence-electron chi connectivity index (χ3n) is 4.49. The monoisotopic (exact) mass is 322 g/mol. The highest BCUT2D eigenvalue weighted by Gasteiger charge is 2.31. The van der Waals surface area contributed by atoms with Gasteiger partial charge in [0.05, 0.1) is 6.54 Å². The molecule has 2 amide bonds. The Balaban J connectivity index is 1.61. The maximum absolute atomic E-state index is 12.3. The quantitative estimate of drug-likeness (QED) is 0.919. The van der Waals surface area contributed by atoms with Crippen LogP contribution in [-0.4, -0.2) is 29.8 Å². The fraction of sp³-hybridized carbons (Fsp3) is 0.300. The number of rotatable bonds is 5. The number of aryl methyl sites for hydroxylation is 1. The van der Waals surface area contributed by atoms with Crippen molar-refractivity contribution in [3.05, 3.63) is 65.7 Å². The first kappa shape index (κ1) is 16.2. The average molecular weight is 322 g/mol. The number of para-hydroxylation sites is 1. The number of nitrogens with one attached hydrogen (secondary N) is 1. The molecule has 1 saturated heterocycles. The predicted octanol–water partition coefficient (Wildman–Crippen LogP) is 3.20. The molecule has 0 radical (unpaired) electrons. The molecule has 124 valence electrons. The highest BCUT2D eigenvalue weighted by Crippen LogP contribution is 2.27. The van der Waals surface area contributed by atoms with Gasteiger partial charge < -0.3 is 10.2 Å². The third-order valence-corrected chi connectivity index (χ3v) is 4.49. The molecule has 24 heavy (non-hydrogen) atoms. The van der Waals surface area contributed by atoms with Gasteiger partial charge in [0.2, 0.25) is 11.8 Å². The number of anilines is 1. The minimum atomic E-state index is -0.141. The highest BCUT2D eigenvalue weighted by molar-refractivity contribution is 5.95. The van der Waals surface area contributed by atoms with Crippen molar-refractivity contribution in [1.29, 1.82) is 0 Å². The summed E-state index contributed by atoms with van der Waals surface area (Å²) in [7, 11) is 0. The number of benzene rings is 2. The fourth-order valence-corrected chi connectivity index (χ4v) is 3.19. The molecule has 3 rings (SSSR count). The van der Waals surface area contributed by atoms with Crippen LogP contribution in [0.25, 0.3) is 0 Å². The number of hydrogen-bond acceptors (Lipinski definition) is 2. The van der Waals surface area contributed by atoms with Gasteiger partial charge >= 0.3 is 0 Å². The van der Waals surface area contributed by atoms with Gasteiger partial charge in [0.1, 0.15) is 0 Å². The highest BCUT2D eigenvalue weighted by atomic mass is 16.2. The van der Waals surface area contributed by atoms with Gasteiger partial charge in [-0.1, -0.05) is 55.5 Å². The standard InChI is InChI=1S/C20H22N2O2/c1-2-15-8-6-7-11-18(15)21-19(23)14-22-13-17(12-20(22)24)16-9-4-3-5-10-16/h3-11,17H,2,12-14H2,1H3,(H,21,23)/t17-/m0/s1. The van der Waals surface area contributed by atoms with Gasteiger partial charge in [0, 0.05) is 24.6 Å². The molecule has 4 heteroatoms. The van der Waals surface area contributed by atoms with E-state index in [1.165, 1.54) is 0 Å². The summed E-state index contributed by atoms with van der Waals surface area (Å²) in [6.07, 6.45) is 1.33. The van der Waals surface area contributed by atoms with Gasteiger partial charge in [-0.15, -0.1) is 0 Å². The Morgan fingerprint density at radius 2 is 1.83 bits per heavy atom. The second-order valence-corrected chi connectivity index (χ2v) is 6.14. The Labute approximate surface area is 142 Å². The third kappa shape index (κ3) is 3.65. The topological polar surface area (TPSA) is 49.4 Å². The van der Waals surface area contributed by atoms with E-state index in [2.05, 4.69) is 12.2 Å². The van der Waals surface area contributed by atoms with E-state index < -0.39 is 0 Å². The van der Waals surface area contributed by atoms with E-state index in [0.29, 0.717) is 13.0 Å². The van der Waals surface area contributed by atoms with Crippen molar-refractivity contribution in [3.63, 3.8) is 0 Å². The minimum absolute atomic E-state index is 0.0442. The van der Waals surface area contributed by atoms with Gasteiger partial charge in [-0.3, -0.25) is 9.59 Å². The molecule has 1 atom stereocenters. The first-order valence-corrected chi connectivity index (χ1v) is 8.38. The second-order valence-electron chi connectivity index (χ2n) is 6.14. The number of hydrogen-bond donors (Lipinski definition) is 1. The number of nitrogens with zero attached hydrogens (tertiary/aromatic N) is 1. The Morgan fingerprint density at radius 1 is 1.12 bits per heavy atom. The molecule has 2 aromatic carbocycles. The molecule has 0 bridgehead atoms. The first-order valence-electron chi connectivity index (χ1n) is 8.38. The summed E-state index contributed by atoms with van der Waals surface area (Å²) < 4.78 is 0. The number of likely N-dealkylation sites (tertiary alicyclic amines) is 1. The van der Waals surface area contributed by atoms with Crippen LogP contribution in [0.3, 0.4) is 0 Å². The zero-order valence-electron chi connectivity index (χ0n) is 13.9. The zero-order valence-corrected chi connectivity index (χ0v) is 13.9. The van der Waals surface area contributed by atoms with Crippen LogP contribution in [0.15, 0.2) is 54.6 Å². The van der Waals surface area contributed by atoms with Crippen LogP contribution in [0.2, 0.25) is 0 Å². The molecular weight excluding hydrogens is 300 g/mol. The van der Waals surface area contributed by atoms with Crippen molar-refractivity contribution in [2.45, 2.75) is 25.7 Å². The molecule has 0 aromatic heterocycles. The normalized spacial score (nSPS) is 17.1. The van der Waals surface area contributed by atoms with Crippen LogP contribution in [0, 0.1) is 0 Å². The van der Waals surface area contributed by atoms with E-state index in [-0.39, 0.29) is 24.3 Å². The maximum Gasteiger partial charge on any atom is 0.244 e. The summed E-state index contributed by atoms with van der Waals surface area (Å²) in [5, 5.41) is 2.93. The molecule has 1 aliphatic rings. The van der Waals surface area contributed by atoms with E-state index in [1.54, 1.807) is 4.90 Å². The summed E-state index contributed by atoms with van der Waals surface area (Å²) in [5.41, 5.74) is 3.09. The molecule has 1 aliphatic heterocycles. The molecule has 2 aromatic rings. The van der Waals surface area contributed by atoms with Crippen LogP contribution in [0.1, 0.15) is 30.4 Å². The van der Waals surface area contributed by atoms with E-state index in [9.17, 15) is 9.59 Å². The summed E-state index contributed by atoms with van der Waals surface area (Å²) in [6.45, 7) is 2.77. The minimum Gasteiger partial charge on any atom is -0.333 e. The van der Waals surface area contributed by atoms with E-state index in [0.717, 1.165) is 23.2 Å². The molecule has 0 spiro atoms. The van der Waals surface area contributed by atoms with E-state index in [1.807, 2.05) is 54.6 Å². The van der Waals surface area contributed by atoms with Crippen molar-refractivity contribution in [3.8, 4) is 0 Å². The van der Waals surface area contributed by atoms with Gasteiger partial charge in [-0.2, -0.15) is 0 Å². The van der Waals surface area contributed by atoms with Crippen LogP contribution in [0.4, 0.5) is 5.69 Å². The summed E-state index contributed by atoms with van der Waals surface area (Å²) >= 11 is 0. The van der Waals surface area contributed by atoms with Gasteiger partial charge in [-0.25, -0.2) is 0 Å². The molecule has 4 nitrogen and oxygen atoms in total. The molecular formula is C20H22N2O2. The van der Waals surface area contributed by atoms with Crippen LogP contribution in [-0.2, 0) is 16.0 Å². The lowest BCUT2D eigenvalue weighted by Gasteiger charge is -2.17. The lowest BCUT2D eigenvalue weighted by atomic mass is 9.99. The Morgan fingerprint density at radius 3 is 2.58 bits per heavy atom. The number of carbonyl (C=O) groups is 2. The largest absolute Gasteiger partial charge is 0.333 e. The second kappa shape index (κ2) is 7.30. The summed E-state index contributed by atoms with van der Waals surface area (Å²) in [4.78, 5) is 26.2. The predicted molar refractivity (Wildman–Crippen MR) is 94.8 cm³/mol. The van der Waals surface area contributed by atoms with Crippen molar-refractivity contribution in [1.82, 2.24) is 4.90 Å². The van der Waals surface area contributed by atoms with Gasteiger partial charge in [0.15, 0.2) is 0 Å². The van der Waals surface area contributed by atoms with Crippen LogP contribution < -0.4 is 5.32 Å². The van der Waals surface area contributed by atoms with Crippen molar-refractivity contribution in [2.24, 2.45) is 0 Å². The van der Waals surface area contributed by atoms with Crippen molar-refractivity contribution < 1.29 is 9.59 Å². The smallest absolute Gasteiger partial charge is 0.244 e. The van der Waals surface area contributed by atoms with Gasteiger partial charge in [0.25, 0.3) is 0 Å². The number of amides is 2. The molecule has 1 N–H and O–H groups in total. The Hall–Kier alpha value is -2.62. The Kier molecular flexibility index (Phi) is 4.94. The lowest BCUT2D eigenvalue weighted by molar-refractivity contribution is -0.131. The van der Waals surface area contributed by atoms with Crippen molar-refractivity contribution in [2.75, 3.05) is 18.4 Å². The molecule has 1 fully saturated rings. The van der Waals surface area contributed by atoms with Crippen LogP contribution in [0.5, 0.6) is 0 Å². The maximum atomic E-state index is 12.3. The molecule has 0 unspecified atom stereocenters. The molecule has 0 saturated carbocycles. The number of carbonyl (C=O) groups excluding carboxylic acids is 2. The zero-order chi connectivity index (χ0) is 16.9. The SMILES string of the molecule is CCc1ccccc1NC(=O)CN1C[C@@H](c2ccccc2)CC1=O. The van der Waals surface area contributed by atoms with E-state index >= 15 is 0 Å². The van der Waals surface area contributed by atoms with E-state index in [4.69, 9.17) is 0 Å². The van der Waals surface area contributed by atoms with Crippen LogP contribution >= 0.6 is 0 Å². The summed E-state index contributed by atoms with van der Waals surface area (Å²) in [5.74, 6) is 0.0789. The first-order chi connectivity index (χ1) is 11.7. The summed E-state index contributed by atoms with van der Waals surface area (Å²) in [6, 6.07) is 17.8. The lowest BCUT2D eigenvalue weighted by Crippen LogP contribution is -2.34. The Bertz CT molecular complexity index is 727.